The number of carbonyl (C=O) groups excluding carboxylic acids is 1. The first-order valence-electron chi connectivity index (χ1n) is 8.05. The molecule has 0 saturated carbocycles. The van der Waals surface area contributed by atoms with E-state index >= 15 is 0 Å². The van der Waals surface area contributed by atoms with E-state index in [0.29, 0.717) is 19.7 Å². The zero-order valence-electron chi connectivity index (χ0n) is 13.5. The summed E-state index contributed by atoms with van der Waals surface area (Å²) < 4.78 is 5.74. The Morgan fingerprint density at radius 1 is 0.957 bits per heavy atom. The summed E-state index contributed by atoms with van der Waals surface area (Å²) in [6.45, 7) is 3.88. The minimum atomic E-state index is -0.122. The molecule has 122 valence electrons. The van der Waals surface area contributed by atoms with Crippen LogP contribution >= 0.6 is 0 Å². The van der Waals surface area contributed by atoms with Gasteiger partial charge >= 0.3 is 6.03 Å². The van der Waals surface area contributed by atoms with Crippen LogP contribution in [0.2, 0.25) is 0 Å². The van der Waals surface area contributed by atoms with E-state index in [1.54, 1.807) is 0 Å². The standard InChI is InChI=1S/C19H24N2O2/c1-2-3-13-20-19(22)21-14-16-9-11-18(12-10-16)23-15-17-7-5-4-6-8-17/h4-12H,2-3,13-15H2,1H3,(H2,20,21,22). The van der Waals surface area contributed by atoms with Gasteiger partial charge in [-0.15, -0.1) is 0 Å². The predicted octanol–water partition coefficient (Wildman–Crippen LogP) is 3.86. The fraction of sp³-hybridized carbons (Fsp3) is 0.316. The molecule has 0 unspecified atom stereocenters. The van der Waals surface area contributed by atoms with Crippen molar-refractivity contribution in [2.24, 2.45) is 0 Å². The molecule has 2 N–H and O–H groups in total. The van der Waals surface area contributed by atoms with Crippen LogP contribution in [-0.2, 0) is 13.2 Å². The Kier molecular flexibility index (Phi) is 6.98. The van der Waals surface area contributed by atoms with Gasteiger partial charge in [-0.2, -0.15) is 0 Å². The highest BCUT2D eigenvalue weighted by atomic mass is 16.5. The lowest BCUT2D eigenvalue weighted by molar-refractivity contribution is 0.240. The molecule has 23 heavy (non-hydrogen) atoms. The molecule has 0 spiro atoms. The van der Waals surface area contributed by atoms with Crippen molar-refractivity contribution in [3.05, 3.63) is 65.7 Å². The molecule has 0 aliphatic carbocycles. The van der Waals surface area contributed by atoms with Crippen LogP contribution in [0.1, 0.15) is 30.9 Å². The molecule has 0 aliphatic rings. The van der Waals surface area contributed by atoms with Gasteiger partial charge < -0.3 is 15.4 Å². The highest BCUT2D eigenvalue weighted by Gasteiger charge is 2.00. The number of rotatable bonds is 8. The van der Waals surface area contributed by atoms with E-state index in [0.717, 1.165) is 29.7 Å². The van der Waals surface area contributed by atoms with Crippen LogP contribution in [0.25, 0.3) is 0 Å². The molecule has 0 radical (unpaired) electrons. The van der Waals surface area contributed by atoms with Crippen molar-refractivity contribution < 1.29 is 9.53 Å². The lowest BCUT2D eigenvalue weighted by atomic mass is 10.2. The molecule has 4 heteroatoms. The first-order valence-corrected chi connectivity index (χ1v) is 8.05. The van der Waals surface area contributed by atoms with Gasteiger partial charge in [0.1, 0.15) is 12.4 Å². The second kappa shape index (κ2) is 9.51. The van der Waals surface area contributed by atoms with E-state index in [1.165, 1.54) is 0 Å². The monoisotopic (exact) mass is 312 g/mol. The molecule has 2 amide bonds. The third-order valence-electron chi connectivity index (χ3n) is 3.44. The largest absolute Gasteiger partial charge is 0.489 e. The molecule has 0 fully saturated rings. The van der Waals surface area contributed by atoms with E-state index in [9.17, 15) is 4.79 Å². The second-order valence-electron chi connectivity index (χ2n) is 5.38. The van der Waals surface area contributed by atoms with Crippen molar-refractivity contribution >= 4 is 6.03 Å². The Hall–Kier alpha value is -2.49. The van der Waals surface area contributed by atoms with Gasteiger partial charge in [0.2, 0.25) is 0 Å². The summed E-state index contributed by atoms with van der Waals surface area (Å²) in [6, 6.07) is 17.7. The van der Waals surface area contributed by atoms with Crippen LogP contribution in [0.4, 0.5) is 4.79 Å². The lowest BCUT2D eigenvalue weighted by Crippen LogP contribution is -2.35. The van der Waals surface area contributed by atoms with Gasteiger partial charge in [-0.25, -0.2) is 4.79 Å². The Balaban J connectivity index is 1.72. The molecule has 4 nitrogen and oxygen atoms in total. The second-order valence-corrected chi connectivity index (χ2v) is 5.38. The van der Waals surface area contributed by atoms with E-state index in [4.69, 9.17) is 4.74 Å². The van der Waals surface area contributed by atoms with E-state index in [-0.39, 0.29) is 6.03 Å². The quantitative estimate of drug-likeness (QED) is 0.727. The number of unbranched alkanes of at least 4 members (excludes halogenated alkanes) is 1. The van der Waals surface area contributed by atoms with Crippen molar-refractivity contribution in [1.29, 1.82) is 0 Å². The molecule has 0 aromatic heterocycles. The average Bonchev–Trinajstić information content (AvgIpc) is 2.60. The maximum Gasteiger partial charge on any atom is 0.315 e. The van der Waals surface area contributed by atoms with Gasteiger partial charge in [-0.1, -0.05) is 55.8 Å². The zero-order valence-corrected chi connectivity index (χ0v) is 13.5. The van der Waals surface area contributed by atoms with Gasteiger partial charge in [0, 0.05) is 13.1 Å². The summed E-state index contributed by atoms with van der Waals surface area (Å²) in [7, 11) is 0. The Bertz CT molecular complexity index is 582. The van der Waals surface area contributed by atoms with Crippen molar-refractivity contribution in [2.75, 3.05) is 6.54 Å². The fourth-order valence-electron chi connectivity index (χ4n) is 2.07. The van der Waals surface area contributed by atoms with Crippen LogP contribution in [0.15, 0.2) is 54.6 Å². The van der Waals surface area contributed by atoms with Crippen molar-refractivity contribution in [2.45, 2.75) is 32.9 Å². The van der Waals surface area contributed by atoms with Crippen LogP contribution in [0.3, 0.4) is 0 Å². The highest BCUT2D eigenvalue weighted by molar-refractivity contribution is 5.73. The average molecular weight is 312 g/mol. The minimum Gasteiger partial charge on any atom is -0.489 e. The number of hydrogen-bond acceptors (Lipinski definition) is 2. The molecule has 2 aromatic carbocycles. The first kappa shape index (κ1) is 16.9. The van der Waals surface area contributed by atoms with Gasteiger partial charge in [-0.3, -0.25) is 0 Å². The van der Waals surface area contributed by atoms with Crippen molar-refractivity contribution in [1.82, 2.24) is 10.6 Å². The minimum absolute atomic E-state index is 0.122. The SMILES string of the molecule is CCCCNC(=O)NCc1ccc(OCc2ccccc2)cc1. The predicted molar refractivity (Wildman–Crippen MR) is 92.4 cm³/mol. The van der Waals surface area contributed by atoms with Crippen LogP contribution in [0, 0.1) is 0 Å². The summed E-state index contributed by atoms with van der Waals surface area (Å²) in [4.78, 5) is 11.6. The molecule has 0 bridgehead atoms. The number of urea groups is 1. The molecule has 0 aliphatic heterocycles. The summed E-state index contributed by atoms with van der Waals surface area (Å²) in [5.41, 5.74) is 2.18. The Morgan fingerprint density at radius 2 is 1.70 bits per heavy atom. The molecule has 0 heterocycles. The van der Waals surface area contributed by atoms with Gasteiger partial charge in [0.25, 0.3) is 0 Å². The third-order valence-corrected chi connectivity index (χ3v) is 3.44. The van der Waals surface area contributed by atoms with E-state index in [1.807, 2.05) is 54.6 Å². The van der Waals surface area contributed by atoms with Crippen LogP contribution < -0.4 is 15.4 Å². The summed E-state index contributed by atoms with van der Waals surface area (Å²) in [6.07, 6.45) is 2.07. The first-order chi connectivity index (χ1) is 11.3. The van der Waals surface area contributed by atoms with Gasteiger partial charge in [-0.05, 0) is 29.7 Å². The molecule has 0 atom stereocenters. The Morgan fingerprint density at radius 3 is 2.39 bits per heavy atom. The number of ether oxygens (including phenoxy) is 1. The maximum absolute atomic E-state index is 11.6. The normalized spacial score (nSPS) is 10.1. The van der Waals surface area contributed by atoms with Crippen molar-refractivity contribution in [3.63, 3.8) is 0 Å². The van der Waals surface area contributed by atoms with Gasteiger partial charge in [0.15, 0.2) is 0 Å². The zero-order chi connectivity index (χ0) is 16.3. The number of hydrogen-bond donors (Lipinski definition) is 2. The maximum atomic E-state index is 11.6. The molecule has 2 rings (SSSR count). The third kappa shape index (κ3) is 6.43. The highest BCUT2D eigenvalue weighted by Crippen LogP contribution is 2.14. The molecular formula is C19H24N2O2. The van der Waals surface area contributed by atoms with E-state index < -0.39 is 0 Å². The summed E-state index contributed by atoms with van der Waals surface area (Å²) in [5.74, 6) is 0.824. The number of benzene rings is 2. The summed E-state index contributed by atoms with van der Waals surface area (Å²) in [5, 5.41) is 5.67. The van der Waals surface area contributed by atoms with Crippen LogP contribution in [-0.4, -0.2) is 12.6 Å². The molecular weight excluding hydrogens is 288 g/mol. The smallest absolute Gasteiger partial charge is 0.315 e. The number of amides is 2. The summed E-state index contributed by atoms with van der Waals surface area (Å²) >= 11 is 0. The molecule has 2 aromatic rings. The van der Waals surface area contributed by atoms with Crippen molar-refractivity contribution in [3.8, 4) is 5.75 Å². The van der Waals surface area contributed by atoms with Gasteiger partial charge in [0.05, 0.1) is 0 Å². The van der Waals surface area contributed by atoms with Crippen LogP contribution in [0.5, 0.6) is 5.75 Å². The Labute approximate surface area is 137 Å². The fourth-order valence-corrected chi connectivity index (χ4v) is 2.07. The number of nitrogens with one attached hydrogen (secondary N) is 2. The lowest BCUT2D eigenvalue weighted by Gasteiger charge is -2.09. The molecule has 0 saturated heterocycles. The topological polar surface area (TPSA) is 50.4 Å². The van der Waals surface area contributed by atoms with E-state index in [2.05, 4.69) is 17.6 Å². The number of carbonyl (C=O) groups is 1.